The van der Waals surface area contributed by atoms with Gasteiger partial charge in [0.2, 0.25) is 0 Å². The first-order valence-corrected chi connectivity index (χ1v) is 5.16. The van der Waals surface area contributed by atoms with Crippen LogP contribution in [-0.4, -0.2) is 13.1 Å². The second-order valence-corrected chi connectivity index (χ2v) is 4.01. The summed E-state index contributed by atoms with van der Waals surface area (Å²) < 4.78 is 31.1. The van der Waals surface area contributed by atoms with E-state index in [4.69, 9.17) is 0 Å². The molecule has 0 unspecified atom stereocenters. The zero-order valence-electron chi connectivity index (χ0n) is 8.93. The molecule has 0 spiro atoms. The Morgan fingerprint density at radius 3 is 2.69 bits per heavy atom. The average Bonchev–Trinajstić information content (AvgIpc) is 3.06. The number of halogens is 2. The maximum Gasteiger partial charge on any atom is 0.309 e. The number of ether oxygens (including phenoxy) is 1. The molecule has 1 saturated carbocycles. The van der Waals surface area contributed by atoms with Gasteiger partial charge in [0.25, 0.3) is 0 Å². The molecule has 0 aliphatic heterocycles. The largest absolute Gasteiger partial charge is 0.469 e. The first-order valence-electron chi connectivity index (χ1n) is 5.16. The van der Waals surface area contributed by atoms with Gasteiger partial charge in [0, 0.05) is 0 Å². The van der Waals surface area contributed by atoms with Gasteiger partial charge in [0.15, 0.2) is 11.6 Å². The molecular formula is C12H12F2O2. The van der Waals surface area contributed by atoms with Crippen LogP contribution in [0.4, 0.5) is 8.78 Å². The highest BCUT2D eigenvalue weighted by Gasteiger charge is 2.28. The molecule has 0 aromatic heterocycles. The minimum atomic E-state index is -0.886. The molecule has 2 rings (SSSR count). The Labute approximate surface area is 92.2 Å². The molecule has 1 aliphatic rings. The minimum Gasteiger partial charge on any atom is -0.469 e. The van der Waals surface area contributed by atoms with E-state index in [0.717, 1.165) is 18.9 Å². The van der Waals surface area contributed by atoms with E-state index >= 15 is 0 Å². The van der Waals surface area contributed by atoms with E-state index in [-0.39, 0.29) is 12.3 Å². The van der Waals surface area contributed by atoms with Gasteiger partial charge in [0.05, 0.1) is 13.5 Å². The Morgan fingerprint density at radius 2 is 2.12 bits per heavy atom. The lowest BCUT2D eigenvalue weighted by Crippen LogP contribution is -2.06. The molecule has 0 N–H and O–H groups in total. The molecule has 0 amide bonds. The minimum absolute atomic E-state index is 0.0204. The number of methoxy groups -OCH3 is 1. The summed E-state index contributed by atoms with van der Waals surface area (Å²) in [4.78, 5) is 11.0. The summed E-state index contributed by atoms with van der Waals surface area (Å²) in [6.45, 7) is 0. The molecule has 86 valence electrons. The van der Waals surface area contributed by atoms with Gasteiger partial charge in [-0.25, -0.2) is 8.78 Å². The van der Waals surface area contributed by atoms with Crippen LogP contribution in [0.25, 0.3) is 0 Å². The van der Waals surface area contributed by atoms with E-state index in [0.29, 0.717) is 11.1 Å². The summed E-state index contributed by atoms with van der Waals surface area (Å²) in [7, 11) is 1.27. The predicted molar refractivity (Wildman–Crippen MR) is 54.1 cm³/mol. The summed E-state index contributed by atoms with van der Waals surface area (Å²) >= 11 is 0. The number of benzene rings is 1. The third kappa shape index (κ3) is 2.21. The van der Waals surface area contributed by atoms with E-state index < -0.39 is 17.6 Å². The highest BCUT2D eigenvalue weighted by Crippen LogP contribution is 2.42. The molecule has 1 aliphatic carbocycles. The number of carbonyl (C=O) groups excluding carboxylic acids is 1. The lowest BCUT2D eigenvalue weighted by molar-refractivity contribution is -0.139. The van der Waals surface area contributed by atoms with Crippen LogP contribution in [0.5, 0.6) is 0 Å². The van der Waals surface area contributed by atoms with Crippen molar-refractivity contribution in [1.82, 2.24) is 0 Å². The molecule has 4 heteroatoms. The molecule has 1 aromatic carbocycles. The van der Waals surface area contributed by atoms with Crippen molar-refractivity contribution >= 4 is 5.97 Å². The second-order valence-electron chi connectivity index (χ2n) is 4.01. The van der Waals surface area contributed by atoms with Crippen LogP contribution >= 0.6 is 0 Å². The molecular weight excluding hydrogens is 214 g/mol. The van der Waals surface area contributed by atoms with Crippen LogP contribution in [0.3, 0.4) is 0 Å². The van der Waals surface area contributed by atoms with Gasteiger partial charge in [-0.15, -0.1) is 0 Å². The van der Waals surface area contributed by atoms with Crippen LogP contribution in [0.2, 0.25) is 0 Å². The van der Waals surface area contributed by atoms with E-state index in [2.05, 4.69) is 4.74 Å². The van der Waals surface area contributed by atoms with Gasteiger partial charge in [-0.2, -0.15) is 0 Å². The Morgan fingerprint density at radius 1 is 1.44 bits per heavy atom. The van der Waals surface area contributed by atoms with Gasteiger partial charge >= 0.3 is 5.97 Å². The van der Waals surface area contributed by atoms with Crippen molar-refractivity contribution in [2.45, 2.75) is 25.2 Å². The number of rotatable bonds is 3. The zero-order chi connectivity index (χ0) is 11.7. The topological polar surface area (TPSA) is 26.3 Å². The van der Waals surface area contributed by atoms with Crippen molar-refractivity contribution in [3.05, 3.63) is 34.9 Å². The SMILES string of the molecule is COC(=O)Cc1cc(F)c(F)c(C2CC2)c1. The van der Waals surface area contributed by atoms with E-state index in [1.165, 1.54) is 7.11 Å². The quantitative estimate of drug-likeness (QED) is 0.740. The Bertz CT molecular complexity index is 425. The Balaban J connectivity index is 2.29. The van der Waals surface area contributed by atoms with Crippen molar-refractivity contribution in [2.24, 2.45) is 0 Å². The molecule has 0 bridgehead atoms. The van der Waals surface area contributed by atoms with Crippen molar-refractivity contribution in [2.75, 3.05) is 7.11 Å². The first kappa shape index (κ1) is 11.0. The Hall–Kier alpha value is -1.45. The smallest absolute Gasteiger partial charge is 0.309 e. The van der Waals surface area contributed by atoms with Gasteiger partial charge in [-0.3, -0.25) is 4.79 Å². The summed E-state index contributed by atoms with van der Waals surface area (Å²) in [5, 5.41) is 0. The monoisotopic (exact) mass is 226 g/mol. The average molecular weight is 226 g/mol. The second kappa shape index (κ2) is 4.20. The van der Waals surface area contributed by atoms with Crippen LogP contribution in [-0.2, 0) is 16.0 Å². The first-order chi connectivity index (χ1) is 7.61. The van der Waals surface area contributed by atoms with E-state index in [1.54, 1.807) is 6.07 Å². The third-order valence-electron chi connectivity index (χ3n) is 2.71. The lowest BCUT2D eigenvalue weighted by Gasteiger charge is -2.06. The Kier molecular flexibility index (Phi) is 2.90. The van der Waals surface area contributed by atoms with Crippen LogP contribution in [0.1, 0.15) is 29.9 Å². The zero-order valence-corrected chi connectivity index (χ0v) is 8.93. The molecule has 0 heterocycles. The maximum atomic E-state index is 13.4. The lowest BCUT2D eigenvalue weighted by atomic mass is 10.0. The number of esters is 1. The van der Waals surface area contributed by atoms with Crippen LogP contribution in [0.15, 0.2) is 12.1 Å². The number of carbonyl (C=O) groups is 1. The normalized spacial score (nSPS) is 14.9. The fraction of sp³-hybridized carbons (Fsp3) is 0.417. The van der Waals surface area contributed by atoms with Crippen LogP contribution in [0, 0.1) is 11.6 Å². The summed E-state index contributed by atoms with van der Waals surface area (Å²) in [5.74, 6) is -2.00. The molecule has 1 aromatic rings. The molecule has 0 radical (unpaired) electrons. The van der Waals surface area contributed by atoms with E-state index in [9.17, 15) is 13.6 Å². The summed E-state index contributed by atoms with van der Waals surface area (Å²) in [6.07, 6.45) is 1.75. The highest BCUT2D eigenvalue weighted by molar-refractivity contribution is 5.72. The molecule has 0 atom stereocenters. The van der Waals surface area contributed by atoms with Crippen molar-refractivity contribution in [3.63, 3.8) is 0 Å². The third-order valence-corrected chi connectivity index (χ3v) is 2.71. The summed E-state index contributed by atoms with van der Waals surface area (Å²) in [6, 6.07) is 2.62. The van der Waals surface area contributed by atoms with E-state index in [1.807, 2.05) is 0 Å². The number of hydrogen-bond donors (Lipinski definition) is 0. The fourth-order valence-electron chi connectivity index (χ4n) is 1.70. The van der Waals surface area contributed by atoms with Gasteiger partial charge < -0.3 is 4.74 Å². The standard InChI is InChI=1S/C12H12F2O2/c1-16-11(15)6-7-4-9(8-2-3-8)12(14)10(13)5-7/h4-5,8H,2-3,6H2,1H3. The predicted octanol–water partition coefficient (Wildman–Crippen LogP) is 2.56. The van der Waals surface area contributed by atoms with Crippen molar-refractivity contribution < 1.29 is 18.3 Å². The molecule has 16 heavy (non-hydrogen) atoms. The highest BCUT2D eigenvalue weighted by atomic mass is 19.2. The summed E-state index contributed by atoms with van der Waals surface area (Å²) in [5.41, 5.74) is 0.853. The van der Waals surface area contributed by atoms with Crippen molar-refractivity contribution in [1.29, 1.82) is 0 Å². The van der Waals surface area contributed by atoms with Crippen LogP contribution < -0.4 is 0 Å². The van der Waals surface area contributed by atoms with Gasteiger partial charge in [-0.1, -0.05) is 6.07 Å². The number of hydrogen-bond acceptors (Lipinski definition) is 2. The fourth-order valence-corrected chi connectivity index (χ4v) is 1.70. The maximum absolute atomic E-state index is 13.4. The molecule has 2 nitrogen and oxygen atoms in total. The van der Waals surface area contributed by atoms with Gasteiger partial charge in [0.1, 0.15) is 0 Å². The molecule has 1 fully saturated rings. The molecule has 0 saturated heterocycles. The van der Waals surface area contributed by atoms with Crippen molar-refractivity contribution in [3.8, 4) is 0 Å². The van der Waals surface area contributed by atoms with Gasteiger partial charge in [-0.05, 0) is 36.0 Å².